The summed E-state index contributed by atoms with van der Waals surface area (Å²) in [6, 6.07) is 3.84. The summed E-state index contributed by atoms with van der Waals surface area (Å²) in [7, 11) is 1.58. The van der Waals surface area contributed by atoms with Crippen LogP contribution in [0.1, 0.15) is 12.1 Å². The van der Waals surface area contributed by atoms with Gasteiger partial charge in [-0.05, 0) is 12.1 Å². The number of nitrogens with one attached hydrogen (secondary N) is 2. The third-order valence-corrected chi connectivity index (χ3v) is 3.49. The molecule has 0 aliphatic carbocycles. The molecule has 2 N–H and O–H groups in total. The minimum Gasteiger partial charge on any atom is -0.359 e. The van der Waals surface area contributed by atoms with Gasteiger partial charge in [-0.25, -0.2) is 4.98 Å². The van der Waals surface area contributed by atoms with Crippen LogP contribution in [0.4, 0.5) is 5.13 Å². The van der Waals surface area contributed by atoms with E-state index in [9.17, 15) is 9.59 Å². The van der Waals surface area contributed by atoms with Crippen LogP contribution in [0.5, 0.6) is 0 Å². The first-order chi connectivity index (χ1) is 9.67. The topological polar surface area (TPSA) is 76.0 Å². The van der Waals surface area contributed by atoms with Crippen LogP contribution in [0.15, 0.2) is 29.9 Å². The molecule has 2 amide bonds. The number of aryl methyl sites for hydroxylation is 1. The summed E-state index contributed by atoms with van der Waals surface area (Å²) < 4.78 is 1.94. The highest BCUT2D eigenvalue weighted by atomic mass is 32.1. The molecule has 0 saturated carbocycles. The van der Waals surface area contributed by atoms with Crippen LogP contribution in [0, 0.1) is 0 Å². The average molecular weight is 292 g/mol. The first kappa shape index (κ1) is 14.3. The van der Waals surface area contributed by atoms with Gasteiger partial charge in [0.15, 0.2) is 5.13 Å². The second-order valence-corrected chi connectivity index (χ2v) is 5.07. The predicted octanol–water partition coefficient (Wildman–Crippen LogP) is 1.26. The number of nitrogens with zero attached hydrogens (tertiary/aromatic N) is 2. The van der Waals surface area contributed by atoms with Crippen LogP contribution >= 0.6 is 11.3 Å². The van der Waals surface area contributed by atoms with Gasteiger partial charge in [0.1, 0.15) is 0 Å². The summed E-state index contributed by atoms with van der Waals surface area (Å²) in [5, 5.41) is 7.58. The van der Waals surface area contributed by atoms with Crippen molar-refractivity contribution in [3.05, 3.63) is 35.6 Å². The number of thiazole rings is 1. The van der Waals surface area contributed by atoms with Gasteiger partial charge < -0.3 is 15.2 Å². The molecule has 0 unspecified atom stereocenters. The molecule has 0 aliphatic heterocycles. The summed E-state index contributed by atoms with van der Waals surface area (Å²) in [6.07, 6.45) is 4.45. The van der Waals surface area contributed by atoms with Crippen molar-refractivity contribution in [1.82, 2.24) is 14.9 Å². The van der Waals surface area contributed by atoms with Gasteiger partial charge in [0, 0.05) is 37.8 Å². The number of hydrogen-bond donors (Lipinski definition) is 2. The molecule has 20 heavy (non-hydrogen) atoms. The molecule has 0 spiro atoms. The SMILES string of the molecule is CNC(=O)Cc1csc(NC(=O)CCn2cccc2)n1. The maximum absolute atomic E-state index is 11.8. The highest BCUT2D eigenvalue weighted by Gasteiger charge is 2.09. The molecule has 6 nitrogen and oxygen atoms in total. The number of hydrogen-bond acceptors (Lipinski definition) is 4. The molecule has 0 aromatic carbocycles. The Bertz CT molecular complexity index is 577. The van der Waals surface area contributed by atoms with E-state index in [0.717, 1.165) is 0 Å². The Labute approximate surface area is 120 Å². The zero-order valence-electron chi connectivity index (χ0n) is 11.1. The summed E-state index contributed by atoms with van der Waals surface area (Å²) in [6.45, 7) is 0.634. The molecule has 106 valence electrons. The summed E-state index contributed by atoms with van der Waals surface area (Å²) in [5.41, 5.74) is 0.662. The van der Waals surface area contributed by atoms with Gasteiger partial charge >= 0.3 is 0 Å². The van der Waals surface area contributed by atoms with Gasteiger partial charge in [-0.1, -0.05) is 0 Å². The van der Waals surface area contributed by atoms with Crippen molar-refractivity contribution in [1.29, 1.82) is 0 Å². The normalized spacial score (nSPS) is 10.2. The molecule has 0 saturated heterocycles. The van der Waals surface area contributed by atoms with E-state index in [0.29, 0.717) is 23.8 Å². The van der Waals surface area contributed by atoms with Gasteiger partial charge in [-0.3, -0.25) is 9.59 Å². The second-order valence-electron chi connectivity index (χ2n) is 4.21. The average Bonchev–Trinajstić information content (AvgIpc) is 3.08. The Hall–Kier alpha value is -2.15. The molecule has 2 aromatic heterocycles. The molecule has 0 aliphatic rings. The van der Waals surface area contributed by atoms with Crippen molar-refractivity contribution in [3.8, 4) is 0 Å². The van der Waals surface area contributed by atoms with Crippen molar-refractivity contribution in [3.63, 3.8) is 0 Å². The van der Waals surface area contributed by atoms with E-state index < -0.39 is 0 Å². The van der Waals surface area contributed by atoms with Crippen molar-refractivity contribution in [2.75, 3.05) is 12.4 Å². The quantitative estimate of drug-likeness (QED) is 0.841. The molecule has 0 atom stereocenters. The fraction of sp³-hybridized carbons (Fsp3) is 0.308. The van der Waals surface area contributed by atoms with Crippen LogP contribution in [-0.4, -0.2) is 28.4 Å². The van der Waals surface area contributed by atoms with Gasteiger partial charge in [-0.2, -0.15) is 0 Å². The monoisotopic (exact) mass is 292 g/mol. The lowest BCUT2D eigenvalue weighted by atomic mass is 10.3. The highest BCUT2D eigenvalue weighted by Crippen LogP contribution is 2.16. The largest absolute Gasteiger partial charge is 0.359 e. The van der Waals surface area contributed by atoms with Crippen LogP contribution in [0.3, 0.4) is 0 Å². The summed E-state index contributed by atoms with van der Waals surface area (Å²) in [4.78, 5) is 27.2. The zero-order chi connectivity index (χ0) is 14.4. The second kappa shape index (κ2) is 6.85. The third kappa shape index (κ3) is 4.20. The van der Waals surface area contributed by atoms with E-state index in [1.165, 1.54) is 11.3 Å². The minimum atomic E-state index is -0.0965. The van der Waals surface area contributed by atoms with E-state index >= 15 is 0 Å². The molecule has 0 radical (unpaired) electrons. The molecule has 2 rings (SSSR count). The Morgan fingerprint density at radius 1 is 1.30 bits per heavy atom. The molecule has 2 aromatic rings. The molecule has 0 bridgehead atoms. The third-order valence-electron chi connectivity index (χ3n) is 2.68. The van der Waals surface area contributed by atoms with E-state index in [4.69, 9.17) is 0 Å². The molecule has 0 fully saturated rings. The smallest absolute Gasteiger partial charge is 0.227 e. The lowest BCUT2D eigenvalue weighted by Gasteiger charge is -2.03. The number of carbonyl (C=O) groups is 2. The fourth-order valence-corrected chi connectivity index (χ4v) is 2.36. The Morgan fingerprint density at radius 2 is 2.05 bits per heavy atom. The number of anilines is 1. The predicted molar refractivity (Wildman–Crippen MR) is 77.6 cm³/mol. The molecular formula is C13H16N4O2S. The van der Waals surface area contributed by atoms with Crippen molar-refractivity contribution in [2.24, 2.45) is 0 Å². The van der Waals surface area contributed by atoms with Gasteiger partial charge in [-0.15, -0.1) is 11.3 Å². The van der Waals surface area contributed by atoms with E-state index in [-0.39, 0.29) is 18.2 Å². The van der Waals surface area contributed by atoms with E-state index in [1.54, 1.807) is 12.4 Å². The standard InChI is InChI=1S/C13H16N4O2S/c1-14-12(19)8-10-9-20-13(15-10)16-11(18)4-7-17-5-2-3-6-17/h2-3,5-6,9H,4,7-8H2,1H3,(H,14,19)(H,15,16,18). The zero-order valence-corrected chi connectivity index (χ0v) is 11.9. The van der Waals surface area contributed by atoms with Gasteiger partial charge in [0.2, 0.25) is 11.8 Å². The summed E-state index contributed by atoms with van der Waals surface area (Å²) in [5.74, 6) is -0.180. The molecule has 7 heteroatoms. The van der Waals surface area contributed by atoms with Crippen molar-refractivity contribution >= 4 is 28.3 Å². The minimum absolute atomic E-state index is 0.0838. The van der Waals surface area contributed by atoms with Crippen LogP contribution in [0.2, 0.25) is 0 Å². The van der Waals surface area contributed by atoms with E-state index in [1.807, 2.05) is 29.1 Å². The maximum atomic E-state index is 11.8. The fourth-order valence-electron chi connectivity index (χ4n) is 1.63. The van der Waals surface area contributed by atoms with Crippen LogP contribution < -0.4 is 10.6 Å². The Balaban J connectivity index is 1.80. The first-order valence-corrected chi connectivity index (χ1v) is 7.11. The number of rotatable bonds is 6. The first-order valence-electron chi connectivity index (χ1n) is 6.23. The van der Waals surface area contributed by atoms with Gasteiger partial charge in [0.25, 0.3) is 0 Å². The number of amides is 2. The van der Waals surface area contributed by atoms with Crippen LogP contribution in [-0.2, 0) is 22.6 Å². The molecule has 2 heterocycles. The number of carbonyl (C=O) groups excluding carboxylic acids is 2. The summed E-state index contributed by atoms with van der Waals surface area (Å²) >= 11 is 1.32. The Kier molecular flexibility index (Phi) is 4.89. The van der Waals surface area contributed by atoms with Crippen molar-refractivity contribution < 1.29 is 9.59 Å². The molecular weight excluding hydrogens is 276 g/mol. The van der Waals surface area contributed by atoms with E-state index in [2.05, 4.69) is 15.6 Å². The van der Waals surface area contributed by atoms with Crippen molar-refractivity contribution in [2.45, 2.75) is 19.4 Å². The van der Waals surface area contributed by atoms with Gasteiger partial charge in [0.05, 0.1) is 12.1 Å². The maximum Gasteiger partial charge on any atom is 0.227 e. The highest BCUT2D eigenvalue weighted by molar-refractivity contribution is 7.13. The van der Waals surface area contributed by atoms with Crippen LogP contribution in [0.25, 0.3) is 0 Å². The Morgan fingerprint density at radius 3 is 2.75 bits per heavy atom. The lowest BCUT2D eigenvalue weighted by molar-refractivity contribution is -0.120. The number of aromatic nitrogens is 2. The number of likely N-dealkylation sites (N-methyl/N-ethyl adjacent to an activating group) is 1. The lowest BCUT2D eigenvalue weighted by Crippen LogP contribution is -2.20.